The first-order valence-electron chi connectivity index (χ1n) is 8.15. The molecule has 0 bridgehead atoms. The lowest BCUT2D eigenvalue weighted by Gasteiger charge is -2.19. The summed E-state index contributed by atoms with van der Waals surface area (Å²) in [5.74, 6) is 0. The van der Waals surface area contributed by atoms with Crippen LogP contribution in [-0.4, -0.2) is 29.2 Å². The van der Waals surface area contributed by atoms with Crippen LogP contribution in [0.3, 0.4) is 0 Å². The molecular formula is C20H17F2N3O2. The molecule has 3 aromatic rings. The van der Waals surface area contributed by atoms with E-state index in [1.807, 2.05) is 36.4 Å². The van der Waals surface area contributed by atoms with Gasteiger partial charge in [0.15, 0.2) is 0 Å². The summed E-state index contributed by atoms with van der Waals surface area (Å²) in [6.45, 7) is -0.885. The van der Waals surface area contributed by atoms with Crippen molar-refractivity contribution < 1.29 is 18.7 Å². The van der Waals surface area contributed by atoms with Gasteiger partial charge < -0.3 is 10.8 Å². The van der Waals surface area contributed by atoms with Gasteiger partial charge in [-0.25, -0.2) is 13.6 Å². The molecule has 1 heterocycles. The lowest BCUT2D eigenvalue weighted by Crippen LogP contribution is -2.33. The Morgan fingerprint density at radius 3 is 2.33 bits per heavy atom. The zero-order chi connectivity index (χ0) is 19.4. The number of nitrogens with zero attached hydrogens (tertiary/aromatic N) is 2. The second kappa shape index (κ2) is 7.82. The van der Waals surface area contributed by atoms with Crippen molar-refractivity contribution in [3.63, 3.8) is 0 Å². The highest BCUT2D eigenvalue weighted by Gasteiger charge is 2.19. The third-order valence-electron chi connectivity index (χ3n) is 4.00. The van der Waals surface area contributed by atoms with Gasteiger partial charge in [0.1, 0.15) is 0 Å². The molecule has 0 aliphatic carbocycles. The largest absolute Gasteiger partial charge is 0.465 e. The summed E-state index contributed by atoms with van der Waals surface area (Å²) in [7, 11) is 0. The Hall–Kier alpha value is -3.48. The topological polar surface area (TPSA) is 79.5 Å². The molecule has 0 aliphatic rings. The fraction of sp³-hybridized carbons (Fsp3) is 0.100. The van der Waals surface area contributed by atoms with Crippen molar-refractivity contribution in [2.75, 3.05) is 17.2 Å². The highest BCUT2D eigenvalue weighted by atomic mass is 19.3. The van der Waals surface area contributed by atoms with Gasteiger partial charge in [-0.3, -0.25) is 9.88 Å². The van der Waals surface area contributed by atoms with E-state index in [0.717, 1.165) is 16.7 Å². The van der Waals surface area contributed by atoms with E-state index in [4.69, 9.17) is 10.8 Å². The molecule has 1 aromatic heterocycles. The smallest absolute Gasteiger partial charge is 0.412 e. The van der Waals surface area contributed by atoms with E-state index in [1.165, 1.54) is 18.3 Å². The van der Waals surface area contributed by atoms with Crippen molar-refractivity contribution in [1.29, 1.82) is 0 Å². The van der Waals surface area contributed by atoms with Crippen molar-refractivity contribution in [1.82, 2.24) is 4.98 Å². The predicted octanol–water partition coefficient (Wildman–Crippen LogP) is 4.75. The number of anilines is 2. The molecule has 3 N–H and O–H groups in total. The number of rotatable bonds is 5. The third kappa shape index (κ3) is 4.20. The number of hydrogen-bond donors (Lipinski definition) is 2. The molecule has 5 nitrogen and oxygen atoms in total. The molecule has 0 saturated heterocycles. The fourth-order valence-electron chi connectivity index (χ4n) is 2.78. The van der Waals surface area contributed by atoms with Crippen LogP contribution in [0.15, 0.2) is 66.9 Å². The average Bonchev–Trinajstić information content (AvgIpc) is 2.67. The molecular weight excluding hydrogens is 352 g/mol. The Labute approximate surface area is 154 Å². The van der Waals surface area contributed by atoms with E-state index in [1.54, 1.807) is 12.1 Å². The van der Waals surface area contributed by atoms with Crippen LogP contribution in [0.5, 0.6) is 0 Å². The first-order valence-corrected chi connectivity index (χ1v) is 8.15. The van der Waals surface area contributed by atoms with E-state index in [9.17, 15) is 13.6 Å². The van der Waals surface area contributed by atoms with Gasteiger partial charge >= 0.3 is 6.09 Å². The molecule has 0 saturated carbocycles. The summed E-state index contributed by atoms with van der Waals surface area (Å²) in [6, 6.07) is 17.7. The summed E-state index contributed by atoms with van der Waals surface area (Å²) in [4.78, 5) is 16.3. The van der Waals surface area contributed by atoms with Gasteiger partial charge in [-0.05, 0) is 23.8 Å². The molecule has 0 atom stereocenters. The maximum Gasteiger partial charge on any atom is 0.412 e. The summed E-state index contributed by atoms with van der Waals surface area (Å²) < 4.78 is 25.3. The minimum Gasteiger partial charge on any atom is -0.465 e. The number of amides is 1. The zero-order valence-electron chi connectivity index (χ0n) is 14.2. The van der Waals surface area contributed by atoms with Crippen LogP contribution in [0.1, 0.15) is 0 Å². The fourth-order valence-corrected chi connectivity index (χ4v) is 2.78. The number of aromatic nitrogens is 1. The van der Waals surface area contributed by atoms with E-state index in [-0.39, 0.29) is 5.69 Å². The molecule has 27 heavy (non-hydrogen) atoms. The Balaban J connectivity index is 2.00. The molecule has 0 aliphatic heterocycles. The summed E-state index contributed by atoms with van der Waals surface area (Å²) in [5.41, 5.74) is 9.71. The van der Waals surface area contributed by atoms with Crippen LogP contribution in [0.25, 0.3) is 22.4 Å². The Morgan fingerprint density at radius 2 is 1.74 bits per heavy atom. The molecule has 138 valence electrons. The normalized spacial score (nSPS) is 10.8. The van der Waals surface area contributed by atoms with Crippen LogP contribution in [0.4, 0.5) is 25.0 Å². The first-order chi connectivity index (χ1) is 13.0. The quantitative estimate of drug-likeness (QED) is 0.680. The van der Waals surface area contributed by atoms with E-state index >= 15 is 0 Å². The van der Waals surface area contributed by atoms with Gasteiger partial charge in [-0.2, -0.15) is 0 Å². The molecule has 0 fully saturated rings. The number of benzene rings is 2. The number of carbonyl (C=O) groups is 1. The average molecular weight is 369 g/mol. The first kappa shape index (κ1) is 18.3. The van der Waals surface area contributed by atoms with E-state index in [0.29, 0.717) is 16.3 Å². The predicted molar refractivity (Wildman–Crippen MR) is 101 cm³/mol. The lowest BCUT2D eigenvalue weighted by molar-refractivity contribution is 0.148. The van der Waals surface area contributed by atoms with Gasteiger partial charge in [0.25, 0.3) is 6.43 Å². The number of nitrogens with two attached hydrogens (primary N) is 1. The molecule has 3 rings (SSSR count). The van der Waals surface area contributed by atoms with Gasteiger partial charge in [0.05, 0.1) is 24.1 Å². The van der Waals surface area contributed by atoms with Gasteiger partial charge in [-0.15, -0.1) is 0 Å². The minimum absolute atomic E-state index is 0.170. The maximum atomic E-state index is 12.6. The van der Waals surface area contributed by atoms with E-state index in [2.05, 4.69) is 4.98 Å². The van der Waals surface area contributed by atoms with Crippen molar-refractivity contribution in [2.24, 2.45) is 0 Å². The van der Waals surface area contributed by atoms with Gasteiger partial charge in [0, 0.05) is 16.8 Å². The SMILES string of the molecule is Nc1cnc(-c2ccc(N(CC(F)F)C(=O)O)cc2)c(-c2ccccc2)c1. The zero-order valence-corrected chi connectivity index (χ0v) is 14.2. The summed E-state index contributed by atoms with van der Waals surface area (Å²) in [5, 5.41) is 9.15. The van der Waals surface area contributed by atoms with Crippen molar-refractivity contribution in [3.05, 3.63) is 66.9 Å². The number of pyridine rings is 1. The molecule has 7 heteroatoms. The van der Waals surface area contributed by atoms with Crippen LogP contribution >= 0.6 is 0 Å². The maximum absolute atomic E-state index is 12.6. The van der Waals surface area contributed by atoms with Crippen molar-refractivity contribution in [2.45, 2.75) is 6.43 Å². The number of halogens is 2. The minimum atomic E-state index is -2.76. The van der Waals surface area contributed by atoms with Gasteiger partial charge in [-0.1, -0.05) is 42.5 Å². The number of hydrogen-bond acceptors (Lipinski definition) is 3. The second-order valence-corrected chi connectivity index (χ2v) is 5.86. The Morgan fingerprint density at radius 1 is 1.07 bits per heavy atom. The van der Waals surface area contributed by atoms with Gasteiger partial charge in [0.2, 0.25) is 0 Å². The monoisotopic (exact) mass is 369 g/mol. The van der Waals surface area contributed by atoms with Crippen LogP contribution in [-0.2, 0) is 0 Å². The molecule has 0 radical (unpaired) electrons. The standard InChI is InChI=1S/C20H17F2N3O2/c21-18(22)12-25(20(26)27)16-8-6-14(7-9-16)19-17(10-15(23)11-24-19)13-4-2-1-3-5-13/h1-11,18H,12,23H2,(H,26,27). The highest BCUT2D eigenvalue weighted by molar-refractivity contribution is 5.87. The second-order valence-electron chi connectivity index (χ2n) is 5.86. The summed E-state index contributed by atoms with van der Waals surface area (Å²) in [6.07, 6.45) is -2.65. The Bertz CT molecular complexity index is 932. The molecule has 2 aromatic carbocycles. The van der Waals surface area contributed by atoms with Crippen molar-refractivity contribution in [3.8, 4) is 22.4 Å². The Kier molecular flexibility index (Phi) is 5.30. The van der Waals surface area contributed by atoms with Crippen LogP contribution in [0, 0.1) is 0 Å². The van der Waals surface area contributed by atoms with Crippen molar-refractivity contribution >= 4 is 17.5 Å². The highest BCUT2D eigenvalue weighted by Crippen LogP contribution is 2.32. The summed E-state index contributed by atoms with van der Waals surface area (Å²) >= 11 is 0. The van der Waals surface area contributed by atoms with Crippen LogP contribution < -0.4 is 10.6 Å². The third-order valence-corrected chi connectivity index (χ3v) is 4.00. The molecule has 0 spiro atoms. The number of nitrogen functional groups attached to an aromatic ring is 1. The molecule has 1 amide bonds. The van der Waals surface area contributed by atoms with Crippen LogP contribution in [0.2, 0.25) is 0 Å². The van der Waals surface area contributed by atoms with E-state index < -0.39 is 19.1 Å². The molecule has 0 unspecified atom stereocenters. The number of carboxylic acid groups (broad SMARTS) is 1. The number of alkyl halides is 2. The lowest BCUT2D eigenvalue weighted by atomic mass is 9.99.